The number of para-hydroxylation sites is 1. The standard InChI is InChI=1S/C15H22N4/c1-3-12-19-13(2)17-18-15(19)10-7-11-16-14-8-5-4-6-9-14/h4-6,8-9,16H,3,7,10-12H2,1-2H3. The second kappa shape index (κ2) is 6.92. The average Bonchev–Trinajstić information content (AvgIpc) is 2.78. The number of aromatic nitrogens is 3. The molecule has 0 aliphatic rings. The van der Waals surface area contributed by atoms with Crippen LogP contribution < -0.4 is 5.32 Å². The van der Waals surface area contributed by atoms with Crippen molar-refractivity contribution >= 4 is 5.69 Å². The van der Waals surface area contributed by atoms with Crippen LogP contribution in [0, 0.1) is 6.92 Å². The van der Waals surface area contributed by atoms with Crippen molar-refractivity contribution in [3.63, 3.8) is 0 Å². The molecule has 0 saturated heterocycles. The number of anilines is 1. The molecular weight excluding hydrogens is 236 g/mol. The van der Waals surface area contributed by atoms with Gasteiger partial charge in [0.15, 0.2) is 0 Å². The van der Waals surface area contributed by atoms with E-state index in [-0.39, 0.29) is 0 Å². The van der Waals surface area contributed by atoms with Crippen molar-refractivity contribution in [2.24, 2.45) is 0 Å². The number of benzene rings is 1. The van der Waals surface area contributed by atoms with Gasteiger partial charge in [-0.1, -0.05) is 25.1 Å². The molecule has 0 amide bonds. The Bertz CT molecular complexity index is 490. The van der Waals surface area contributed by atoms with Gasteiger partial charge in [-0.3, -0.25) is 0 Å². The van der Waals surface area contributed by atoms with Crippen molar-refractivity contribution in [2.45, 2.75) is 39.7 Å². The van der Waals surface area contributed by atoms with Gasteiger partial charge in [-0.05, 0) is 31.9 Å². The van der Waals surface area contributed by atoms with Gasteiger partial charge in [0.25, 0.3) is 0 Å². The lowest BCUT2D eigenvalue weighted by molar-refractivity contribution is 0.613. The summed E-state index contributed by atoms with van der Waals surface area (Å²) in [7, 11) is 0. The van der Waals surface area contributed by atoms with Crippen LogP contribution in [0.5, 0.6) is 0 Å². The molecule has 4 nitrogen and oxygen atoms in total. The zero-order valence-electron chi connectivity index (χ0n) is 11.8. The summed E-state index contributed by atoms with van der Waals surface area (Å²) in [6.45, 7) is 6.18. The van der Waals surface area contributed by atoms with E-state index in [1.165, 1.54) is 5.69 Å². The maximum atomic E-state index is 4.26. The van der Waals surface area contributed by atoms with Gasteiger partial charge in [0.05, 0.1) is 0 Å². The summed E-state index contributed by atoms with van der Waals surface area (Å²) in [5, 5.41) is 11.8. The molecule has 0 saturated carbocycles. The van der Waals surface area contributed by atoms with Crippen LogP contribution in [-0.2, 0) is 13.0 Å². The van der Waals surface area contributed by atoms with Crippen molar-refractivity contribution in [2.75, 3.05) is 11.9 Å². The number of hydrogen-bond donors (Lipinski definition) is 1. The molecule has 1 heterocycles. The molecule has 102 valence electrons. The zero-order valence-corrected chi connectivity index (χ0v) is 11.8. The lowest BCUT2D eigenvalue weighted by Gasteiger charge is -2.08. The molecule has 2 rings (SSSR count). The first kappa shape index (κ1) is 13.6. The predicted molar refractivity (Wildman–Crippen MR) is 78.3 cm³/mol. The molecule has 1 aromatic heterocycles. The lowest BCUT2D eigenvalue weighted by atomic mass is 10.2. The maximum absolute atomic E-state index is 4.26. The van der Waals surface area contributed by atoms with Crippen LogP contribution in [0.4, 0.5) is 5.69 Å². The Morgan fingerprint density at radius 3 is 2.68 bits per heavy atom. The molecule has 1 N–H and O–H groups in total. The first-order chi connectivity index (χ1) is 9.31. The highest BCUT2D eigenvalue weighted by Gasteiger charge is 2.07. The van der Waals surface area contributed by atoms with Gasteiger partial charge in [0, 0.05) is 25.2 Å². The minimum absolute atomic E-state index is 0.960. The molecule has 0 unspecified atom stereocenters. The number of nitrogens with zero attached hydrogens (tertiary/aromatic N) is 3. The van der Waals surface area contributed by atoms with E-state index in [1.807, 2.05) is 25.1 Å². The molecule has 1 aromatic carbocycles. The second-order valence-electron chi connectivity index (χ2n) is 4.71. The Kier molecular flexibility index (Phi) is 4.95. The summed E-state index contributed by atoms with van der Waals surface area (Å²) >= 11 is 0. The zero-order chi connectivity index (χ0) is 13.5. The smallest absolute Gasteiger partial charge is 0.133 e. The fourth-order valence-corrected chi connectivity index (χ4v) is 2.16. The highest BCUT2D eigenvalue weighted by Crippen LogP contribution is 2.07. The van der Waals surface area contributed by atoms with E-state index >= 15 is 0 Å². The predicted octanol–water partition coefficient (Wildman–Crippen LogP) is 3.04. The highest BCUT2D eigenvalue weighted by molar-refractivity contribution is 5.42. The molecule has 4 heteroatoms. The van der Waals surface area contributed by atoms with E-state index in [4.69, 9.17) is 0 Å². The Hall–Kier alpha value is -1.84. The molecule has 0 bridgehead atoms. The number of hydrogen-bond acceptors (Lipinski definition) is 3. The fraction of sp³-hybridized carbons (Fsp3) is 0.467. The second-order valence-corrected chi connectivity index (χ2v) is 4.71. The van der Waals surface area contributed by atoms with Crippen molar-refractivity contribution in [3.05, 3.63) is 42.0 Å². The number of rotatable bonds is 7. The van der Waals surface area contributed by atoms with Gasteiger partial charge in [0.1, 0.15) is 11.6 Å². The van der Waals surface area contributed by atoms with E-state index in [0.29, 0.717) is 0 Å². The summed E-state index contributed by atoms with van der Waals surface area (Å²) in [6, 6.07) is 10.3. The lowest BCUT2D eigenvalue weighted by Crippen LogP contribution is -2.08. The van der Waals surface area contributed by atoms with Crippen LogP contribution in [0.2, 0.25) is 0 Å². The quantitative estimate of drug-likeness (QED) is 0.776. The first-order valence-electron chi connectivity index (χ1n) is 6.99. The van der Waals surface area contributed by atoms with Crippen LogP contribution in [0.15, 0.2) is 30.3 Å². The summed E-state index contributed by atoms with van der Waals surface area (Å²) in [6.07, 6.45) is 3.16. The Morgan fingerprint density at radius 2 is 1.95 bits per heavy atom. The van der Waals surface area contributed by atoms with E-state index in [0.717, 1.165) is 44.0 Å². The monoisotopic (exact) mass is 258 g/mol. The third kappa shape index (κ3) is 3.81. The largest absolute Gasteiger partial charge is 0.385 e. The average molecular weight is 258 g/mol. The molecule has 19 heavy (non-hydrogen) atoms. The van der Waals surface area contributed by atoms with Crippen LogP contribution in [0.25, 0.3) is 0 Å². The Balaban J connectivity index is 1.80. The molecule has 0 radical (unpaired) electrons. The summed E-state index contributed by atoms with van der Waals surface area (Å²) < 4.78 is 2.22. The third-order valence-corrected chi connectivity index (χ3v) is 3.14. The number of aryl methyl sites for hydroxylation is 2. The SMILES string of the molecule is CCCn1c(C)nnc1CCCNc1ccccc1. The molecular formula is C15H22N4. The third-order valence-electron chi connectivity index (χ3n) is 3.14. The van der Waals surface area contributed by atoms with Crippen molar-refractivity contribution in [1.82, 2.24) is 14.8 Å². The van der Waals surface area contributed by atoms with Crippen LogP contribution >= 0.6 is 0 Å². The molecule has 2 aromatic rings. The van der Waals surface area contributed by atoms with Crippen molar-refractivity contribution < 1.29 is 0 Å². The number of nitrogens with one attached hydrogen (secondary N) is 1. The molecule has 0 spiro atoms. The van der Waals surface area contributed by atoms with Crippen LogP contribution in [0.3, 0.4) is 0 Å². The van der Waals surface area contributed by atoms with E-state index in [9.17, 15) is 0 Å². The molecule has 0 aliphatic heterocycles. The van der Waals surface area contributed by atoms with E-state index in [1.54, 1.807) is 0 Å². The van der Waals surface area contributed by atoms with Gasteiger partial charge in [0.2, 0.25) is 0 Å². The fourth-order valence-electron chi connectivity index (χ4n) is 2.16. The van der Waals surface area contributed by atoms with Gasteiger partial charge < -0.3 is 9.88 Å². The Morgan fingerprint density at radius 1 is 1.16 bits per heavy atom. The van der Waals surface area contributed by atoms with Crippen molar-refractivity contribution in [3.8, 4) is 0 Å². The van der Waals surface area contributed by atoms with Gasteiger partial charge >= 0.3 is 0 Å². The molecule has 0 aliphatic carbocycles. The van der Waals surface area contributed by atoms with Gasteiger partial charge in [-0.15, -0.1) is 10.2 Å². The van der Waals surface area contributed by atoms with Gasteiger partial charge in [-0.25, -0.2) is 0 Å². The van der Waals surface area contributed by atoms with Crippen LogP contribution in [0.1, 0.15) is 31.4 Å². The molecule has 0 atom stereocenters. The summed E-state index contributed by atoms with van der Waals surface area (Å²) in [4.78, 5) is 0. The normalized spacial score (nSPS) is 10.6. The first-order valence-corrected chi connectivity index (χ1v) is 6.99. The minimum atomic E-state index is 0.960. The van der Waals surface area contributed by atoms with E-state index < -0.39 is 0 Å². The minimum Gasteiger partial charge on any atom is -0.385 e. The maximum Gasteiger partial charge on any atom is 0.133 e. The summed E-state index contributed by atoms with van der Waals surface area (Å²) in [5.41, 5.74) is 1.17. The topological polar surface area (TPSA) is 42.7 Å². The Labute approximate surface area is 114 Å². The highest BCUT2D eigenvalue weighted by atomic mass is 15.3. The summed E-state index contributed by atoms with van der Waals surface area (Å²) in [5.74, 6) is 2.13. The van der Waals surface area contributed by atoms with Crippen molar-refractivity contribution in [1.29, 1.82) is 0 Å². The van der Waals surface area contributed by atoms with Gasteiger partial charge in [-0.2, -0.15) is 0 Å². The van der Waals surface area contributed by atoms with Crippen LogP contribution in [-0.4, -0.2) is 21.3 Å². The van der Waals surface area contributed by atoms with E-state index in [2.05, 4.69) is 39.1 Å². The molecule has 0 fully saturated rings.